The Bertz CT molecular complexity index is 411. The van der Waals surface area contributed by atoms with E-state index < -0.39 is 5.60 Å². The van der Waals surface area contributed by atoms with Crippen LogP contribution in [0, 0.1) is 5.92 Å². The molecule has 6 heteroatoms. The zero-order valence-electron chi connectivity index (χ0n) is 11.8. The zero-order chi connectivity index (χ0) is 13.9. The summed E-state index contributed by atoms with van der Waals surface area (Å²) >= 11 is 0. The summed E-state index contributed by atoms with van der Waals surface area (Å²) in [5.41, 5.74) is -0.442. The number of aromatic nitrogens is 3. The van der Waals surface area contributed by atoms with E-state index in [0.29, 0.717) is 5.92 Å². The van der Waals surface area contributed by atoms with E-state index >= 15 is 0 Å². The third kappa shape index (κ3) is 4.54. The van der Waals surface area contributed by atoms with E-state index in [9.17, 15) is 4.79 Å². The molecule has 1 N–H and O–H groups in total. The molecule has 0 aromatic carbocycles. The molecule has 1 amide bonds. The molecule has 1 heterocycles. The Morgan fingerprint density at radius 1 is 1.47 bits per heavy atom. The van der Waals surface area contributed by atoms with Crippen molar-refractivity contribution in [1.29, 1.82) is 0 Å². The number of ether oxygens (including phenoxy) is 1. The zero-order valence-corrected chi connectivity index (χ0v) is 11.8. The van der Waals surface area contributed by atoms with Crippen molar-refractivity contribution in [3.8, 4) is 0 Å². The second-order valence-electron chi connectivity index (χ2n) is 6.14. The molecule has 1 aromatic rings. The predicted molar refractivity (Wildman–Crippen MR) is 70.5 cm³/mol. The van der Waals surface area contributed by atoms with Crippen molar-refractivity contribution in [3.05, 3.63) is 12.7 Å². The normalized spacial score (nSPS) is 23.3. The molecule has 1 saturated carbocycles. The van der Waals surface area contributed by atoms with Gasteiger partial charge in [-0.2, -0.15) is 5.10 Å². The highest BCUT2D eigenvalue weighted by atomic mass is 16.6. The van der Waals surface area contributed by atoms with Crippen molar-refractivity contribution in [1.82, 2.24) is 20.1 Å². The molecule has 1 aliphatic rings. The number of alkyl carbamates (subject to hydrolysis) is 1. The second kappa shape index (κ2) is 5.59. The quantitative estimate of drug-likeness (QED) is 0.908. The van der Waals surface area contributed by atoms with Gasteiger partial charge in [0.2, 0.25) is 0 Å². The lowest BCUT2D eigenvalue weighted by molar-refractivity contribution is 0.0504. The van der Waals surface area contributed by atoms with Gasteiger partial charge >= 0.3 is 6.09 Å². The number of hydrogen-bond acceptors (Lipinski definition) is 4. The standard InChI is InChI=1S/C13H22N4O2/c1-13(2,3)19-12(18)16-11-5-4-10(6-11)7-17-9-14-8-15-17/h8-11H,4-7H2,1-3H3,(H,16,18)/t10-,11-/m1/s1. The summed E-state index contributed by atoms with van der Waals surface area (Å²) in [6.45, 7) is 6.48. The summed E-state index contributed by atoms with van der Waals surface area (Å²) in [5, 5.41) is 7.05. The average Bonchev–Trinajstić information content (AvgIpc) is 2.88. The van der Waals surface area contributed by atoms with Gasteiger partial charge in [0, 0.05) is 12.6 Å². The van der Waals surface area contributed by atoms with E-state index in [1.54, 1.807) is 12.7 Å². The number of carbonyl (C=O) groups is 1. The van der Waals surface area contributed by atoms with E-state index in [1.165, 1.54) is 0 Å². The largest absolute Gasteiger partial charge is 0.444 e. The fourth-order valence-electron chi connectivity index (χ4n) is 2.44. The molecular weight excluding hydrogens is 244 g/mol. The Kier molecular flexibility index (Phi) is 4.07. The highest BCUT2D eigenvalue weighted by Gasteiger charge is 2.27. The highest BCUT2D eigenvalue weighted by molar-refractivity contribution is 5.68. The van der Waals surface area contributed by atoms with Crippen LogP contribution < -0.4 is 5.32 Å². The minimum absolute atomic E-state index is 0.211. The molecule has 0 radical (unpaired) electrons. The van der Waals surface area contributed by atoms with Crippen LogP contribution in [0.5, 0.6) is 0 Å². The molecule has 6 nitrogen and oxygen atoms in total. The molecule has 0 bridgehead atoms. The van der Waals surface area contributed by atoms with Gasteiger partial charge in [-0.1, -0.05) is 0 Å². The van der Waals surface area contributed by atoms with Crippen LogP contribution in [0.4, 0.5) is 4.79 Å². The smallest absolute Gasteiger partial charge is 0.407 e. The number of amides is 1. The summed E-state index contributed by atoms with van der Waals surface area (Å²) in [6, 6.07) is 0.211. The van der Waals surface area contributed by atoms with Gasteiger partial charge in [-0.05, 0) is 46.0 Å². The summed E-state index contributed by atoms with van der Waals surface area (Å²) in [7, 11) is 0. The number of hydrogen-bond donors (Lipinski definition) is 1. The molecule has 0 spiro atoms. The Morgan fingerprint density at radius 2 is 2.26 bits per heavy atom. The summed E-state index contributed by atoms with van der Waals surface area (Å²) in [5.74, 6) is 0.543. The topological polar surface area (TPSA) is 69.0 Å². The monoisotopic (exact) mass is 266 g/mol. The van der Waals surface area contributed by atoms with E-state index in [4.69, 9.17) is 4.74 Å². The van der Waals surface area contributed by atoms with Crippen LogP contribution in [-0.4, -0.2) is 32.5 Å². The molecule has 1 fully saturated rings. The fourth-order valence-corrected chi connectivity index (χ4v) is 2.44. The molecule has 19 heavy (non-hydrogen) atoms. The maximum absolute atomic E-state index is 11.7. The fraction of sp³-hybridized carbons (Fsp3) is 0.769. The average molecular weight is 266 g/mol. The van der Waals surface area contributed by atoms with Crippen LogP contribution in [0.25, 0.3) is 0 Å². The molecule has 0 saturated heterocycles. The van der Waals surface area contributed by atoms with E-state index in [1.807, 2.05) is 25.5 Å². The van der Waals surface area contributed by atoms with Crippen molar-refractivity contribution in [2.75, 3.05) is 0 Å². The molecular formula is C13H22N4O2. The minimum Gasteiger partial charge on any atom is -0.444 e. The lowest BCUT2D eigenvalue weighted by atomic mass is 10.1. The molecule has 106 valence electrons. The van der Waals surface area contributed by atoms with Gasteiger partial charge in [0.25, 0.3) is 0 Å². The minimum atomic E-state index is -0.442. The van der Waals surface area contributed by atoms with Crippen LogP contribution in [0.1, 0.15) is 40.0 Å². The van der Waals surface area contributed by atoms with E-state index in [0.717, 1.165) is 25.8 Å². The first-order valence-corrected chi connectivity index (χ1v) is 6.74. The van der Waals surface area contributed by atoms with Gasteiger partial charge < -0.3 is 10.1 Å². The molecule has 1 aromatic heterocycles. The van der Waals surface area contributed by atoms with Crippen LogP contribution in [0.2, 0.25) is 0 Å². The summed E-state index contributed by atoms with van der Waals surface area (Å²) in [4.78, 5) is 15.6. The molecule has 0 aliphatic heterocycles. The van der Waals surface area contributed by atoms with Gasteiger partial charge in [-0.15, -0.1) is 0 Å². The molecule has 2 atom stereocenters. The van der Waals surface area contributed by atoms with Crippen LogP contribution in [-0.2, 0) is 11.3 Å². The lowest BCUT2D eigenvalue weighted by Crippen LogP contribution is -2.38. The van der Waals surface area contributed by atoms with Gasteiger partial charge in [-0.3, -0.25) is 4.68 Å². The van der Waals surface area contributed by atoms with Gasteiger partial charge in [-0.25, -0.2) is 9.78 Å². The first-order chi connectivity index (χ1) is 8.92. The predicted octanol–water partition coefficient (Wildman–Crippen LogP) is 1.97. The number of nitrogens with zero attached hydrogens (tertiary/aromatic N) is 3. The third-order valence-electron chi connectivity index (χ3n) is 3.17. The van der Waals surface area contributed by atoms with Gasteiger partial charge in [0.15, 0.2) is 0 Å². The Hall–Kier alpha value is -1.59. The highest BCUT2D eigenvalue weighted by Crippen LogP contribution is 2.27. The van der Waals surface area contributed by atoms with Crippen molar-refractivity contribution in [2.45, 2.75) is 58.2 Å². The first kappa shape index (κ1) is 13.8. The van der Waals surface area contributed by atoms with E-state index in [-0.39, 0.29) is 12.1 Å². The van der Waals surface area contributed by atoms with E-state index in [2.05, 4.69) is 15.4 Å². The summed E-state index contributed by atoms with van der Waals surface area (Å²) < 4.78 is 7.11. The SMILES string of the molecule is CC(C)(C)OC(=O)N[C@@H]1CC[C@@H](Cn2cncn2)C1. The maximum atomic E-state index is 11.7. The Labute approximate surface area is 113 Å². The van der Waals surface area contributed by atoms with Crippen LogP contribution in [0.15, 0.2) is 12.7 Å². The molecule has 1 aliphatic carbocycles. The first-order valence-electron chi connectivity index (χ1n) is 6.74. The van der Waals surface area contributed by atoms with Crippen molar-refractivity contribution >= 4 is 6.09 Å². The lowest BCUT2D eigenvalue weighted by Gasteiger charge is -2.21. The number of nitrogens with one attached hydrogen (secondary N) is 1. The molecule has 2 rings (SSSR count). The second-order valence-corrected chi connectivity index (χ2v) is 6.14. The molecule has 0 unspecified atom stereocenters. The van der Waals surface area contributed by atoms with Crippen LogP contribution >= 0.6 is 0 Å². The van der Waals surface area contributed by atoms with Crippen molar-refractivity contribution in [2.24, 2.45) is 5.92 Å². The maximum Gasteiger partial charge on any atom is 0.407 e. The number of carbonyl (C=O) groups excluding carboxylic acids is 1. The van der Waals surface area contributed by atoms with Gasteiger partial charge in [0.1, 0.15) is 18.3 Å². The van der Waals surface area contributed by atoms with Gasteiger partial charge in [0.05, 0.1) is 0 Å². The van der Waals surface area contributed by atoms with Crippen molar-refractivity contribution < 1.29 is 9.53 Å². The number of rotatable bonds is 3. The summed E-state index contributed by atoms with van der Waals surface area (Å²) in [6.07, 6.45) is 6.02. The Morgan fingerprint density at radius 3 is 2.89 bits per heavy atom. The third-order valence-corrected chi connectivity index (χ3v) is 3.17. The van der Waals surface area contributed by atoms with Crippen LogP contribution in [0.3, 0.4) is 0 Å². The Balaban J connectivity index is 1.74. The van der Waals surface area contributed by atoms with Crippen molar-refractivity contribution in [3.63, 3.8) is 0 Å².